The van der Waals surface area contributed by atoms with E-state index in [2.05, 4.69) is 15.9 Å². The van der Waals surface area contributed by atoms with Crippen LogP contribution in [0.4, 0.5) is 28.4 Å². The fourth-order valence-electron chi connectivity index (χ4n) is 3.56. The molecule has 0 fully saturated rings. The number of nitrogens with zero attached hydrogens (tertiary/aromatic N) is 4. The number of likely N-dealkylation sites (N-methyl/N-ethyl adjacent to an activating group) is 1. The van der Waals surface area contributed by atoms with Crippen molar-refractivity contribution < 1.29 is 19.4 Å². The highest BCUT2D eigenvalue weighted by atomic mass is 79.9. The molecule has 0 aliphatic carbocycles. The molecule has 0 radical (unpaired) electrons. The second-order valence-corrected chi connectivity index (χ2v) is 9.00. The van der Waals surface area contributed by atoms with Crippen LogP contribution in [0.5, 0.6) is 0 Å². The topological polar surface area (TPSA) is 179 Å². The Morgan fingerprint density at radius 2 is 1.54 bits per heavy atom. The van der Waals surface area contributed by atoms with Gasteiger partial charge in [-0.3, -0.25) is 34.7 Å². The molecule has 13 heteroatoms. The van der Waals surface area contributed by atoms with Crippen molar-refractivity contribution in [2.24, 2.45) is 0 Å². The highest BCUT2D eigenvalue weighted by Crippen LogP contribution is 2.34. The fraction of sp³-hybridized carbons (Fsp3) is 0.167. The Morgan fingerprint density at radius 1 is 0.946 bits per heavy atom. The summed E-state index contributed by atoms with van der Waals surface area (Å²) in [5.41, 5.74) is 13.9. The molecule has 0 bridgehead atoms. The highest BCUT2D eigenvalue weighted by Gasteiger charge is 2.34. The van der Waals surface area contributed by atoms with Gasteiger partial charge in [0, 0.05) is 37.6 Å². The van der Waals surface area contributed by atoms with Gasteiger partial charge < -0.3 is 16.4 Å². The number of carbonyl (C=O) groups is 2. The number of imide groups is 1. The Bertz CT molecular complexity index is 1380. The molecule has 0 saturated heterocycles. The average Bonchev–Trinajstić information content (AvgIpc) is 3.10. The number of non-ortho nitro benzene ring substituents is 1. The number of nitro benzene ring substituents is 2. The van der Waals surface area contributed by atoms with E-state index < -0.39 is 15.5 Å². The van der Waals surface area contributed by atoms with E-state index in [0.717, 1.165) is 29.1 Å². The lowest BCUT2D eigenvalue weighted by atomic mass is 10.1. The number of carbonyl (C=O) groups excluding carboxylic acids is 2. The lowest BCUT2D eigenvalue weighted by Gasteiger charge is -2.23. The summed E-state index contributed by atoms with van der Waals surface area (Å²) in [5, 5.41) is 20.8. The van der Waals surface area contributed by atoms with E-state index in [1.807, 2.05) is 37.1 Å². The molecule has 0 saturated carbocycles. The van der Waals surface area contributed by atoms with E-state index in [1.165, 1.54) is 4.90 Å². The van der Waals surface area contributed by atoms with E-state index in [4.69, 9.17) is 11.5 Å². The molecule has 4 N–H and O–H groups in total. The number of rotatable bonds is 6. The van der Waals surface area contributed by atoms with Gasteiger partial charge in [-0.2, -0.15) is 0 Å². The third-order valence-electron chi connectivity index (χ3n) is 5.73. The molecule has 4 rings (SSSR count). The van der Waals surface area contributed by atoms with E-state index in [1.54, 1.807) is 24.3 Å². The Morgan fingerprint density at radius 3 is 2.05 bits per heavy atom. The molecule has 0 aromatic heterocycles. The summed E-state index contributed by atoms with van der Waals surface area (Å²) in [5.74, 6) is -0.431. The molecular weight excluding hydrogens is 548 g/mol. The Balaban J connectivity index is 0.000000233. The molecule has 0 atom stereocenters. The van der Waals surface area contributed by atoms with Crippen LogP contribution in [0.25, 0.3) is 0 Å². The van der Waals surface area contributed by atoms with Crippen molar-refractivity contribution >= 4 is 56.2 Å². The Hall–Kier alpha value is -4.52. The first-order valence-electron chi connectivity index (χ1n) is 10.8. The predicted molar refractivity (Wildman–Crippen MR) is 143 cm³/mol. The third kappa shape index (κ3) is 5.83. The van der Waals surface area contributed by atoms with Crippen LogP contribution in [0, 0.1) is 27.2 Å². The number of aryl methyl sites for hydroxylation is 1. The first-order valence-corrected chi connectivity index (χ1v) is 11.6. The van der Waals surface area contributed by atoms with Crippen LogP contribution >= 0.6 is 15.9 Å². The maximum Gasteiger partial charge on any atom is 0.300 e. The SMILES string of the molecule is Cc1cc(N(C)CCN2C(=O)c3ccccc3C2=O)ccc1N.Nc1c(Br)cc([N+](=O)[O-])cc1[N+](=O)[O-]. The minimum absolute atomic E-state index is 0.124. The number of nitro groups is 2. The van der Waals surface area contributed by atoms with Crippen LogP contribution in [-0.2, 0) is 0 Å². The van der Waals surface area contributed by atoms with Gasteiger partial charge in [0.25, 0.3) is 23.2 Å². The van der Waals surface area contributed by atoms with Gasteiger partial charge in [-0.1, -0.05) is 12.1 Å². The zero-order chi connectivity index (χ0) is 27.4. The van der Waals surface area contributed by atoms with Crippen molar-refractivity contribution in [1.29, 1.82) is 0 Å². The van der Waals surface area contributed by atoms with Gasteiger partial charge in [0.05, 0.1) is 31.5 Å². The number of fused-ring (bicyclic) bond motifs is 1. The smallest absolute Gasteiger partial charge is 0.300 e. The van der Waals surface area contributed by atoms with Crippen molar-refractivity contribution in [3.8, 4) is 0 Å². The van der Waals surface area contributed by atoms with Crippen LogP contribution in [0.2, 0.25) is 0 Å². The van der Waals surface area contributed by atoms with Crippen molar-refractivity contribution in [2.45, 2.75) is 6.92 Å². The largest absolute Gasteiger partial charge is 0.399 e. The van der Waals surface area contributed by atoms with E-state index in [0.29, 0.717) is 24.2 Å². The number of nitrogen functional groups attached to an aromatic ring is 2. The minimum atomic E-state index is -0.771. The van der Waals surface area contributed by atoms with Crippen LogP contribution in [0.15, 0.2) is 59.1 Å². The second-order valence-electron chi connectivity index (χ2n) is 8.14. The van der Waals surface area contributed by atoms with Crippen molar-refractivity contribution in [1.82, 2.24) is 4.90 Å². The molecule has 37 heavy (non-hydrogen) atoms. The molecular formula is C24H23BrN6O6. The number of halogens is 1. The summed E-state index contributed by atoms with van der Waals surface area (Å²) in [6.07, 6.45) is 0. The predicted octanol–water partition coefficient (Wildman–Crippen LogP) is 4.16. The van der Waals surface area contributed by atoms with Crippen LogP contribution in [0.1, 0.15) is 26.3 Å². The normalized spacial score (nSPS) is 12.0. The van der Waals surface area contributed by atoms with E-state index in [-0.39, 0.29) is 27.7 Å². The van der Waals surface area contributed by atoms with Crippen LogP contribution in [-0.4, -0.2) is 46.7 Å². The Kier molecular flexibility index (Phi) is 8.07. The van der Waals surface area contributed by atoms with Crippen molar-refractivity contribution in [3.63, 3.8) is 0 Å². The Labute approximate surface area is 219 Å². The summed E-state index contributed by atoms with van der Waals surface area (Å²) < 4.78 is 0.137. The van der Waals surface area contributed by atoms with E-state index in [9.17, 15) is 29.8 Å². The van der Waals surface area contributed by atoms with Gasteiger partial charge in [0.2, 0.25) is 0 Å². The van der Waals surface area contributed by atoms with Crippen molar-refractivity contribution in [3.05, 3.63) is 96.0 Å². The lowest BCUT2D eigenvalue weighted by Crippen LogP contribution is -2.37. The summed E-state index contributed by atoms with van der Waals surface area (Å²) >= 11 is 2.90. The first kappa shape index (κ1) is 27.1. The molecule has 0 unspecified atom stereocenters. The maximum absolute atomic E-state index is 12.3. The third-order valence-corrected chi connectivity index (χ3v) is 6.39. The maximum atomic E-state index is 12.3. The highest BCUT2D eigenvalue weighted by molar-refractivity contribution is 9.10. The molecule has 1 aliphatic rings. The zero-order valence-electron chi connectivity index (χ0n) is 19.9. The molecule has 3 aromatic carbocycles. The number of anilines is 3. The lowest BCUT2D eigenvalue weighted by molar-refractivity contribution is -0.393. The monoisotopic (exact) mass is 570 g/mol. The molecule has 3 aromatic rings. The standard InChI is InChI=1S/C18H19N3O2.C6H4BrN3O4/c1-12-11-13(7-8-16(12)19)20(2)9-10-21-17(22)14-5-3-4-6-15(14)18(21)23;7-4-1-3(9(11)12)2-5(6(4)8)10(13)14/h3-8,11H,9-10,19H2,1-2H3;1-2H,8H2. The van der Waals surface area contributed by atoms with Crippen LogP contribution < -0.4 is 16.4 Å². The van der Waals surface area contributed by atoms with Crippen LogP contribution in [0.3, 0.4) is 0 Å². The number of hydrogen-bond donors (Lipinski definition) is 2. The quantitative estimate of drug-likeness (QED) is 0.190. The fourth-order valence-corrected chi connectivity index (χ4v) is 4.00. The van der Waals surface area contributed by atoms with Gasteiger partial charge in [0.15, 0.2) is 0 Å². The van der Waals surface area contributed by atoms with Gasteiger partial charge >= 0.3 is 0 Å². The number of hydrogen-bond acceptors (Lipinski definition) is 9. The van der Waals surface area contributed by atoms with Gasteiger partial charge in [0.1, 0.15) is 5.69 Å². The summed E-state index contributed by atoms with van der Waals surface area (Å²) in [4.78, 5) is 47.3. The number of amides is 2. The van der Waals surface area contributed by atoms with E-state index >= 15 is 0 Å². The van der Waals surface area contributed by atoms with Gasteiger partial charge in [-0.25, -0.2) is 0 Å². The first-order chi connectivity index (χ1) is 17.4. The molecule has 1 heterocycles. The average molecular weight is 571 g/mol. The second kappa shape index (κ2) is 11.0. The molecule has 192 valence electrons. The zero-order valence-corrected chi connectivity index (χ0v) is 21.5. The molecule has 12 nitrogen and oxygen atoms in total. The summed E-state index contributed by atoms with van der Waals surface area (Å²) in [6.45, 7) is 2.87. The number of nitrogens with two attached hydrogens (primary N) is 2. The summed E-state index contributed by atoms with van der Waals surface area (Å²) in [7, 11) is 1.93. The number of benzene rings is 3. The summed E-state index contributed by atoms with van der Waals surface area (Å²) in [6, 6.07) is 14.7. The minimum Gasteiger partial charge on any atom is -0.399 e. The van der Waals surface area contributed by atoms with Crippen molar-refractivity contribution in [2.75, 3.05) is 36.5 Å². The molecule has 1 aliphatic heterocycles. The molecule has 0 spiro atoms. The van der Waals surface area contributed by atoms with Gasteiger partial charge in [-0.15, -0.1) is 0 Å². The molecule has 2 amide bonds. The van der Waals surface area contributed by atoms with Gasteiger partial charge in [-0.05, 0) is 58.7 Å².